The maximum Gasteiger partial charge on any atom is 0.229 e. The van der Waals surface area contributed by atoms with Crippen molar-refractivity contribution in [2.24, 2.45) is 16.8 Å². The molecule has 0 spiro atoms. The van der Waals surface area contributed by atoms with Crippen molar-refractivity contribution in [3.63, 3.8) is 0 Å². The number of aliphatic imine (C=N–C) groups is 1. The lowest BCUT2D eigenvalue weighted by atomic mass is 10.1. The second kappa shape index (κ2) is 7.04. The van der Waals surface area contributed by atoms with E-state index in [-0.39, 0.29) is 0 Å². The fourth-order valence-corrected chi connectivity index (χ4v) is 1.81. The van der Waals surface area contributed by atoms with E-state index >= 15 is 0 Å². The number of carbonyl (C=O) groups is 1. The first-order valence-electron chi connectivity index (χ1n) is 6.77. The van der Waals surface area contributed by atoms with Crippen LogP contribution in [0.3, 0.4) is 0 Å². The quantitative estimate of drug-likeness (QED) is 0.227. The molecule has 0 atom stereocenters. The molecule has 1 saturated carbocycles. The molecule has 1 aromatic rings. The summed E-state index contributed by atoms with van der Waals surface area (Å²) in [6.07, 6.45) is 2.73. The van der Waals surface area contributed by atoms with Gasteiger partial charge in [-0.1, -0.05) is 31.5 Å². The number of aryl methyl sites for hydroxylation is 2. The Morgan fingerprint density at radius 2 is 2.00 bits per heavy atom. The van der Waals surface area contributed by atoms with Gasteiger partial charge < -0.3 is 0 Å². The number of hydrazine groups is 1. The highest BCUT2D eigenvalue weighted by molar-refractivity contribution is 5.95. The molecule has 2 N–H and O–H groups in total. The fraction of sp³-hybridized carbons (Fsp3) is 0.467. The van der Waals surface area contributed by atoms with Crippen LogP contribution in [-0.2, 0) is 4.79 Å². The highest BCUT2D eigenvalue weighted by atomic mass is 16.1. The highest BCUT2D eigenvalue weighted by Gasteiger charge is 2.30. The molecular weight excluding hydrogens is 238 g/mol. The molecule has 19 heavy (non-hydrogen) atoms. The van der Waals surface area contributed by atoms with Gasteiger partial charge in [0.2, 0.25) is 6.41 Å². The molecule has 2 rings (SSSR count). The van der Waals surface area contributed by atoms with Crippen LogP contribution in [0.2, 0.25) is 0 Å². The summed E-state index contributed by atoms with van der Waals surface area (Å²) >= 11 is 0. The number of benzene rings is 1. The maximum atomic E-state index is 10.7. The third-order valence-corrected chi connectivity index (χ3v) is 2.91. The fourth-order valence-electron chi connectivity index (χ4n) is 1.81. The van der Waals surface area contributed by atoms with Gasteiger partial charge in [0.25, 0.3) is 0 Å². The molecule has 0 aliphatic heterocycles. The van der Waals surface area contributed by atoms with Gasteiger partial charge in [-0.3, -0.25) is 4.79 Å². The van der Waals surface area contributed by atoms with Crippen molar-refractivity contribution in [2.75, 3.05) is 0 Å². The molecule has 1 aliphatic carbocycles. The van der Waals surface area contributed by atoms with Gasteiger partial charge in [0.15, 0.2) is 0 Å². The van der Waals surface area contributed by atoms with Crippen LogP contribution in [0.25, 0.3) is 0 Å². The molecule has 1 amide bonds. The van der Waals surface area contributed by atoms with Gasteiger partial charge in [-0.25, -0.2) is 15.8 Å². The van der Waals surface area contributed by atoms with E-state index in [0.717, 1.165) is 29.1 Å². The van der Waals surface area contributed by atoms with Crippen molar-refractivity contribution < 1.29 is 4.79 Å². The van der Waals surface area contributed by atoms with Gasteiger partial charge in [0.1, 0.15) is 5.84 Å². The standard InChI is InChI=1S/C13H17N3O.C2H6/c1-9-3-6-12(10(2)7-9)15-13(11-4-5-11)16(14)8-17;1-2/h3,6-8,11H,4-5,14H2,1-2H3;1-2H3. The van der Waals surface area contributed by atoms with Crippen LogP contribution >= 0.6 is 0 Å². The molecule has 0 radical (unpaired) electrons. The van der Waals surface area contributed by atoms with Crippen LogP contribution in [-0.4, -0.2) is 17.3 Å². The van der Waals surface area contributed by atoms with Crippen LogP contribution < -0.4 is 5.84 Å². The minimum atomic E-state index is 0.339. The average Bonchev–Trinajstić information content (AvgIpc) is 3.24. The van der Waals surface area contributed by atoms with E-state index in [2.05, 4.69) is 11.1 Å². The molecular formula is C15H23N3O. The first kappa shape index (κ1) is 15.4. The topological polar surface area (TPSA) is 58.7 Å². The summed E-state index contributed by atoms with van der Waals surface area (Å²) in [5, 5.41) is 1.09. The molecule has 0 unspecified atom stereocenters. The smallest absolute Gasteiger partial charge is 0.229 e. The van der Waals surface area contributed by atoms with Crippen LogP contribution in [0.15, 0.2) is 23.2 Å². The van der Waals surface area contributed by atoms with Gasteiger partial charge >= 0.3 is 0 Å². The van der Waals surface area contributed by atoms with Crippen molar-refractivity contribution in [3.05, 3.63) is 29.3 Å². The zero-order chi connectivity index (χ0) is 14.4. The van der Waals surface area contributed by atoms with Crippen molar-refractivity contribution in [2.45, 2.75) is 40.5 Å². The Balaban J connectivity index is 0.000000861. The monoisotopic (exact) mass is 261 g/mol. The zero-order valence-electron chi connectivity index (χ0n) is 12.2. The van der Waals surface area contributed by atoms with Crippen molar-refractivity contribution >= 4 is 17.9 Å². The van der Waals surface area contributed by atoms with E-state index in [0.29, 0.717) is 18.2 Å². The van der Waals surface area contributed by atoms with Crippen molar-refractivity contribution in [1.29, 1.82) is 0 Å². The van der Waals surface area contributed by atoms with Crippen molar-refractivity contribution in [1.82, 2.24) is 5.01 Å². The van der Waals surface area contributed by atoms with Gasteiger partial charge in [-0.15, -0.1) is 0 Å². The summed E-state index contributed by atoms with van der Waals surface area (Å²) in [7, 11) is 0. The summed E-state index contributed by atoms with van der Waals surface area (Å²) in [6, 6.07) is 6.05. The first-order chi connectivity index (χ1) is 9.11. The molecule has 1 fully saturated rings. The molecule has 0 heterocycles. The molecule has 1 aliphatic rings. The van der Waals surface area contributed by atoms with E-state index in [1.54, 1.807) is 0 Å². The Hall–Kier alpha value is -1.68. The number of rotatable bonds is 3. The summed E-state index contributed by atoms with van der Waals surface area (Å²) in [5.74, 6) is 6.63. The highest BCUT2D eigenvalue weighted by Crippen LogP contribution is 2.33. The second-order valence-corrected chi connectivity index (χ2v) is 4.55. The lowest BCUT2D eigenvalue weighted by Crippen LogP contribution is -2.37. The minimum absolute atomic E-state index is 0.339. The van der Waals surface area contributed by atoms with Crippen LogP contribution in [0, 0.1) is 19.8 Å². The number of nitrogens with zero attached hydrogens (tertiary/aromatic N) is 2. The van der Waals surface area contributed by atoms with E-state index in [4.69, 9.17) is 5.84 Å². The summed E-state index contributed by atoms with van der Waals surface area (Å²) in [5.41, 5.74) is 3.19. The molecule has 1 aromatic carbocycles. The summed E-state index contributed by atoms with van der Waals surface area (Å²) in [4.78, 5) is 15.2. The third-order valence-electron chi connectivity index (χ3n) is 2.91. The molecule has 0 saturated heterocycles. The molecule has 0 bridgehead atoms. The number of hydrogen-bond donors (Lipinski definition) is 1. The Morgan fingerprint density at radius 1 is 1.37 bits per heavy atom. The predicted molar refractivity (Wildman–Crippen MR) is 79.2 cm³/mol. The van der Waals surface area contributed by atoms with E-state index in [1.165, 1.54) is 5.56 Å². The minimum Gasteiger partial charge on any atom is -0.277 e. The van der Waals surface area contributed by atoms with Gasteiger partial charge in [0.05, 0.1) is 5.69 Å². The summed E-state index contributed by atoms with van der Waals surface area (Å²) < 4.78 is 0. The molecule has 4 nitrogen and oxygen atoms in total. The Kier molecular flexibility index (Phi) is 5.70. The number of amidine groups is 1. The van der Waals surface area contributed by atoms with Crippen molar-refractivity contribution in [3.8, 4) is 0 Å². The Morgan fingerprint density at radius 3 is 2.47 bits per heavy atom. The van der Waals surface area contributed by atoms with Crippen LogP contribution in [0.1, 0.15) is 37.8 Å². The largest absolute Gasteiger partial charge is 0.277 e. The number of nitrogens with two attached hydrogens (primary N) is 1. The van der Waals surface area contributed by atoms with E-state index in [1.807, 2.05) is 39.8 Å². The SMILES string of the molecule is CC.Cc1ccc(N=C(C2CC2)N(N)C=O)c(C)c1. The van der Waals surface area contributed by atoms with E-state index < -0.39 is 0 Å². The Labute approximate surface area is 115 Å². The van der Waals surface area contributed by atoms with Crippen LogP contribution in [0.4, 0.5) is 5.69 Å². The summed E-state index contributed by atoms with van der Waals surface area (Å²) in [6.45, 7) is 8.06. The first-order valence-corrected chi connectivity index (χ1v) is 6.77. The second-order valence-electron chi connectivity index (χ2n) is 4.55. The number of amides is 1. The maximum absolute atomic E-state index is 10.7. The molecule has 0 aromatic heterocycles. The van der Waals surface area contributed by atoms with Gasteiger partial charge in [-0.2, -0.15) is 0 Å². The lowest BCUT2D eigenvalue weighted by Gasteiger charge is -2.13. The van der Waals surface area contributed by atoms with E-state index in [9.17, 15) is 4.79 Å². The number of hydrogen-bond acceptors (Lipinski definition) is 3. The normalized spacial score (nSPS) is 14.5. The molecule has 4 heteroatoms. The lowest BCUT2D eigenvalue weighted by molar-refractivity contribution is -0.115. The number of carbonyl (C=O) groups excluding carboxylic acids is 1. The van der Waals surface area contributed by atoms with Gasteiger partial charge in [0, 0.05) is 5.92 Å². The zero-order valence-corrected chi connectivity index (χ0v) is 12.2. The predicted octanol–water partition coefficient (Wildman–Crippen LogP) is 3.10. The average molecular weight is 261 g/mol. The molecule has 104 valence electrons. The van der Waals surface area contributed by atoms with Gasteiger partial charge in [-0.05, 0) is 38.3 Å². The Bertz CT molecular complexity index is 464. The van der Waals surface area contributed by atoms with Crippen LogP contribution in [0.5, 0.6) is 0 Å². The third kappa shape index (κ3) is 4.17.